The number of hydrogen-bond acceptors (Lipinski definition) is 4. The van der Waals surface area contributed by atoms with Gasteiger partial charge >= 0.3 is 6.71 Å². The van der Waals surface area contributed by atoms with Gasteiger partial charge in [-0.1, -0.05) is 120 Å². The van der Waals surface area contributed by atoms with Crippen molar-refractivity contribution in [3.63, 3.8) is 0 Å². The van der Waals surface area contributed by atoms with Crippen molar-refractivity contribution in [1.82, 2.24) is 0 Å². The number of furan rings is 2. The molecule has 2 aliphatic carbocycles. The van der Waals surface area contributed by atoms with Gasteiger partial charge in [-0.2, -0.15) is 0 Å². The van der Waals surface area contributed by atoms with Gasteiger partial charge in [0.1, 0.15) is 11.3 Å². The number of benzene rings is 4. The Morgan fingerprint density at radius 3 is 2.29 bits per heavy atom. The molecule has 6 aromatic rings. The molecule has 0 N–H and O–H groups in total. The Kier molecular flexibility index (Phi) is 5.72. The van der Waals surface area contributed by atoms with E-state index >= 15 is 0 Å². The highest BCUT2D eigenvalue weighted by atomic mass is 16.4. The molecule has 0 bridgehead atoms. The fourth-order valence-corrected chi connectivity index (χ4v) is 9.07. The molecule has 2 unspecified atom stereocenters. The standard InChI is InChI=1S/C44H39BN2O2/c1-26-16-10-14-22-32(26)47-34-25-27(43(2,3)4)24-33-37(34)45(38-36-40(49-42(38)47)29-19-11-13-21-31(29)44(36,5)6)41-39(30-20-12-15-23-35(30)48-41)46(33)28-17-8-7-9-18-28/h7-26,32H,1-6H3. The van der Waals surface area contributed by atoms with Crippen molar-refractivity contribution in [2.75, 3.05) is 9.80 Å². The van der Waals surface area contributed by atoms with Crippen LogP contribution in [0.1, 0.15) is 58.2 Å². The Balaban J connectivity index is 1.39. The SMILES string of the molecule is CC1C=CC=CC1N1c2cc(C(C)(C)C)cc3c2B(c2oc4ccccc4c2N3c2ccccc2)c2c1oc1c2C(C)(C)c2ccccc2-1. The predicted molar refractivity (Wildman–Crippen MR) is 204 cm³/mol. The lowest BCUT2D eigenvalue weighted by atomic mass is 9.34. The zero-order valence-corrected chi connectivity index (χ0v) is 28.9. The molecule has 0 saturated heterocycles. The summed E-state index contributed by atoms with van der Waals surface area (Å²) < 4.78 is 14.4. The smallest absolute Gasteiger partial charge is 0.301 e. The summed E-state index contributed by atoms with van der Waals surface area (Å²) in [5.74, 6) is 2.21. The molecular formula is C44H39BN2O2. The molecule has 10 rings (SSSR count). The Hall–Kier alpha value is -5.16. The van der Waals surface area contributed by atoms with Gasteiger partial charge in [0.15, 0.2) is 5.88 Å². The van der Waals surface area contributed by atoms with E-state index in [1.54, 1.807) is 0 Å². The van der Waals surface area contributed by atoms with E-state index in [4.69, 9.17) is 8.83 Å². The summed E-state index contributed by atoms with van der Waals surface area (Å²) in [7, 11) is 0. The summed E-state index contributed by atoms with van der Waals surface area (Å²) in [6.45, 7) is 13.9. The van der Waals surface area contributed by atoms with Gasteiger partial charge in [-0.3, -0.25) is 0 Å². The van der Waals surface area contributed by atoms with E-state index in [9.17, 15) is 0 Å². The molecule has 4 nitrogen and oxygen atoms in total. The molecule has 0 saturated carbocycles. The minimum atomic E-state index is -0.256. The summed E-state index contributed by atoms with van der Waals surface area (Å²) in [5.41, 5.74) is 13.8. The quantitative estimate of drug-likeness (QED) is 0.177. The maximum atomic E-state index is 7.32. The molecule has 2 atom stereocenters. The largest absolute Gasteiger partial charge is 0.468 e. The molecule has 2 aliphatic heterocycles. The minimum absolute atomic E-state index is 0.0795. The van der Waals surface area contributed by atoms with Crippen LogP contribution in [-0.4, -0.2) is 12.8 Å². The number of para-hydroxylation sites is 2. The summed E-state index contributed by atoms with van der Waals surface area (Å²) >= 11 is 0. The maximum Gasteiger partial charge on any atom is 0.301 e. The van der Waals surface area contributed by atoms with E-state index in [-0.39, 0.29) is 29.5 Å². The Morgan fingerprint density at radius 1 is 0.776 bits per heavy atom. The van der Waals surface area contributed by atoms with Gasteiger partial charge in [0, 0.05) is 44.5 Å². The average Bonchev–Trinajstić information content (AvgIpc) is 3.74. The van der Waals surface area contributed by atoms with E-state index in [0.717, 1.165) is 39.6 Å². The lowest BCUT2D eigenvalue weighted by molar-refractivity contribution is 0.529. The monoisotopic (exact) mass is 638 g/mol. The van der Waals surface area contributed by atoms with Crippen LogP contribution < -0.4 is 26.4 Å². The van der Waals surface area contributed by atoms with E-state index < -0.39 is 0 Å². The fourth-order valence-electron chi connectivity index (χ4n) is 9.07. The van der Waals surface area contributed by atoms with Crippen molar-refractivity contribution >= 4 is 62.9 Å². The van der Waals surface area contributed by atoms with Crippen molar-refractivity contribution in [1.29, 1.82) is 0 Å². The van der Waals surface area contributed by atoms with Crippen LogP contribution in [-0.2, 0) is 10.8 Å². The molecule has 0 radical (unpaired) electrons. The first kappa shape index (κ1) is 28.8. The van der Waals surface area contributed by atoms with Crippen LogP contribution in [0.5, 0.6) is 0 Å². The van der Waals surface area contributed by atoms with Crippen LogP contribution in [0.4, 0.5) is 28.6 Å². The van der Waals surface area contributed by atoms with Crippen molar-refractivity contribution in [2.45, 2.75) is 58.4 Å². The normalized spacial score (nSPS) is 19.5. The van der Waals surface area contributed by atoms with Gasteiger partial charge in [0.25, 0.3) is 0 Å². The molecule has 0 spiro atoms. The predicted octanol–water partition coefficient (Wildman–Crippen LogP) is 9.51. The van der Waals surface area contributed by atoms with Crippen LogP contribution in [0.25, 0.3) is 22.3 Å². The zero-order chi connectivity index (χ0) is 33.4. The highest BCUT2D eigenvalue weighted by Gasteiger charge is 2.54. The summed E-state index contributed by atoms with van der Waals surface area (Å²) in [5, 5.41) is 1.12. The van der Waals surface area contributed by atoms with Gasteiger partial charge in [-0.05, 0) is 64.3 Å². The van der Waals surface area contributed by atoms with Crippen LogP contribution in [0.15, 0.2) is 124 Å². The second-order valence-corrected chi connectivity index (χ2v) is 15.8. The number of anilines is 5. The van der Waals surface area contributed by atoms with Crippen molar-refractivity contribution in [3.05, 3.63) is 132 Å². The average molecular weight is 639 g/mol. The van der Waals surface area contributed by atoms with Crippen molar-refractivity contribution in [3.8, 4) is 11.3 Å². The van der Waals surface area contributed by atoms with Crippen molar-refractivity contribution < 1.29 is 8.83 Å². The van der Waals surface area contributed by atoms with Crippen LogP contribution in [0.3, 0.4) is 0 Å². The molecule has 4 aliphatic rings. The summed E-state index contributed by atoms with van der Waals surface area (Å²) in [4.78, 5) is 4.99. The van der Waals surface area contributed by atoms with Gasteiger partial charge in [0.2, 0.25) is 0 Å². The maximum absolute atomic E-state index is 7.32. The van der Waals surface area contributed by atoms with Gasteiger partial charge in [-0.25, -0.2) is 0 Å². The highest BCUT2D eigenvalue weighted by Crippen LogP contribution is 2.54. The lowest BCUT2D eigenvalue weighted by Crippen LogP contribution is -2.63. The molecule has 240 valence electrons. The number of nitrogens with zero attached hydrogens (tertiary/aromatic N) is 2. The first-order valence-corrected chi connectivity index (χ1v) is 17.6. The number of allylic oxidation sites excluding steroid dienone is 2. The topological polar surface area (TPSA) is 32.8 Å². The van der Waals surface area contributed by atoms with Crippen LogP contribution in [0.2, 0.25) is 0 Å². The van der Waals surface area contributed by atoms with Crippen molar-refractivity contribution in [2.24, 2.45) is 5.92 Å². The second kappa shape index (κ2) is 9.72. The molecule has 4 aromatic carbocycles. The van der Waals surface area contributed by atoms with Gasteiger partial charge in [0.05, 0.1) is 17.4 Å². The third-order valence-electron chi connectivity index (χ3n) is 11.5. The Bertz CT molecular complexity index is 2400. The molecule has 0 fully saturated rings. The third-order valence-corrected chi connectivity index (χ3v) is 11.5. The van der Waals surface area contributed by atoms with E-state index in [2.05, 4.69) is 167 Å². The fraction of sp³-hybridized carbons (Fsp3) is 0.227. The van der Waals surface area contributed by atoms with E-state index in [1.807, 2.05) is 0 Å². The zero-order valence-electron chi connectivity index (χ0n) is 28.9. The van der Waals surface area contributed by atoms with E-state index in [0.29, 0.717) is 0 Å². The lowest BCUT2D eigenvalue weighted by Gasteiger charge is -2.45. The molecule has 0 amide bonds. The number of fused-ring (bicyclic) bond motifs is 10. The molecule has 4 heterocycles. The first-order valence-electron chi connectivity index (χ1n) is 17.6. The minimum Gasteiger partial charge on any atom is -0.468 e. The molecule has 5 heteroatoms. The Labute approximate surface area is 288 Å². The number of rotatable bonds is 2. The summed E-state index contributed by atoms with van der Waals surface area (Å²) in [6, 6.07) is 33.1. The Morgan fingerprint density at radius 2 is 1.49 bits per heavy atom. The third kappa shape index (κ3) is 3.76. The first-order chi connectivity index (χ1) is 23.6. The summed E-state index contributed by atoms with van der Waals surface area (Å²) in [6.07, 6.45) is 9.04. The van der Waals surface area contributed by atoms with Gasteiger partial charge in [-0.15, -0.1) is 0 Å². The molecule has 2 aromatic heterocycles. The molecule has 49 heavy (non-hydrogen) atoms. The number of hydrogen-bond donors (Lipinski definition) is 0. The second-order valence-electron chi connectivity index (χ2n) is 15.8. The van der Waals surface area contributed by atoms with E-state index in [1.165, 1.54) is 44.6 Å². The van der Waals surface area contributed by atoms with Crippen LogP contribution in [0, 0.1) is 5.92 Å². The highest BCUT2D eigenvalue weighted by molar-refractivity contribution is 7.00. The van der Waals surface area contributed by atoms with Crippen LogP contribution >= 0.6 is 0 Å². The van der Waals surface area contributed by atoms with Gasteiger partial charge < -0.3 is 18.6 Å². The molecular weight excluding hydrogens is 599 g/mol.